The Balaban J connectivity index is 2.48. The van der Waals surface area contributed by atoms with Gasteiger partial charge in [-0.15, -0.1) is 0 Å². The first-order chi connectivity index (χ1) is 10.2. The van der Waals surface area contributed by atoms with E-state index in [0.29, 0.717) is 36.1 Å². The zero-order valence-electron chi connectivity index (χ0n) is 12.5. The highest BCUT2D eigenvalue weighted by atomic mass is 16.5. The summed E-state index contributed by atoms with van der Waals surface area (Å²) < 4.78 is 5.77. The number of hydrogen-bond donors (Lipinski definition) is 1. The average molecular weight is 284 g/mol. The number of aryl methyl sites for hydroxylation is 1. The van der Waals surface area contributed by atoms with Crippen molar-refractivity contribution in [1.29, 1.82) is 5.26 Å². The van der Waals surface area contributed by atoms with Gasteiger partial charge in [0, 0.05) is 23.1 Å². The summed E-state index contributed by atoms with van der Waals surface area (Å²) in [7, 11) is 0. The summed E-state index contributed by atoms with van der Waals surface area (Å²) in [6.07, 6.45) is 2.88. The number of hydrogen-bond acceptors (Lipinski definition) is 3. The first-order valence-corrected chi connectivity index (χ1v) is 7.33. The van der Waals surface area contributed by atoms with Gasteiger partial charge in [0.25, 0.3) is 0 Å². The number of nitrogens with zero attached hydrogens (tertiary/aromatic N) is 1. The van der Waals surface area contributed by atoms with Crippen LogP contribution < -0.4 is 10.2 Å². The Bertz CT molecular complexity index is 726. The number of nitriles is 1. The van der Waals surface area contributed by atoms with E-state index in [1.807, 2.05) is 19.1 Å². The Kier molecular flexibility index (Phi) is 4.99. The van der Waals surface area contributed by atoms with Crippen LogP contribution >= 0.6 is 0 Å². The van der Waals surface area contributed by atoms with Crippen LogP contribution in [0.25, 0.3) is 10.9 Å². The minimum absolute atomic E-state index is 0.00237. The predicted octanol–water partition coefficient (Wildman–Crippen LogP) is 3.47. The summed E-state index contributed by atoms with van der Waals surface area (Å²) in [5, 5.41) is 9.33. The van der Waals surface area contributed by atoms with Crippen molar-refractivity contribution >= 4 is 10.9 Å². The van der Waals surface area contributed by atoms with E-state index >= 15 is 0 Å². The highest BCUT2D eigenvalue weighted by molar-refractivity contribution is 5.85. The smallest absolute Gasteiger partial charge is 0.193 e. The Morgan fingerprint density at radius 1 is 1.38 bits per heavy atom. The first-order valence-electron chi connectivity index (χ1n) is 7.33. The van der Waals surface area contributed by atoms with Crippen molar-refractivity contribution in [3.63, 3.8) is 0 Å². The molecule has 0 aliphatic heterocycles. The number of H-pyrrole nitrogens is 1. The predicted molar refractivity (Wildman–Crippen MR) is 83.6 cm³/mol. The molecular formula is C17H20N2O2. The number of para-hydroxylation sites is 1. The van der Waals surface area contributed by atoms with Crippen LogP contribution in [0.15, 0.2) is 23.0 Å². The van der Waals surface area contributed by atoms with Crippen molar-refractivity contribution in [2.24, 2.45) is 0 Å². The van der Waals surface area contributed by atoms with Crippen molar-refractivity contribution in [3.8, 4) is 11.8 Å². The Morgan fingerprint density at radius 3 is 2.90 bits per heavy atom. The maximum absolute atomic E-state index is 12.6. The summed E-state index contributed by atoms with van der Waals surface area (Å²) >= 11 is 0. The second kappa shape index (κ2) is 6.94. The Hall–Kier alpha value is -2.28. The van der Waals surface area contributed by atoms with Crippen LogP contribution in [-0.2, 0) is 6.42 Å². The first kappa shape index (κ1) is 15.1. The highest BCUT2D eigenvalue weighted by Crippen LogP contribution is 2.23. The number of benzene rings is 1. The summed E-state index contributed by atoms with van der Waals surface area (Å²) in [5.74, 6) is 0.716. The van der Waals surface area contributed by atoms with Gasteiger partial charge in [0.1, 0.15) is 5.75 Å². The van der Waals surface area contributed by atoms with Crippen molar-refractivity contribution in [2.45, 2.75) is 39.5 Å². The average Bonchev–Trinajstić information content (AvgIpc) is 2.48. The third kappa shape index (κ3) is 3.25. The van der Waals surface area contributed by atoms with Crippen LogP contribution in [0.2, 0.25) is 0 Å². The van der Waals surface area contributed by atoms with E-state index < -0.39 is 0 Å². The lowest BCUT2D eigenvalue weighted by Crippen LogP contribution is -2.14. The SMILES string of the molecule is CCCCOc1cccc2c(=O)c(CCC#N)c(C)[nH]c12. The second-order valence-electron chi connectivity index (χ2n) is 5.10. The fourth-order valence-electron chi connectivity index (χ4n) is 2.37. The molecule has 0 aliphatic rings. The second-order valence-corrected chi connectivity index (χ2v) is 5.10. The molecule has 0 amide bonds. The molecule has 1 aromatic heterocycles. The van der Waals surface area contributed by atoms with E-state index in [2.05, 4.69) is 18.0 Å². The molecule has 1 aromatic carbocycles. The van der Waals surface area contributed by atoms with E-state index in [1.54, 1.807) is 6.07 Å². The Morgan fingerprint density at radius 2 is 2.19 bits per heavy atom. The minimum atomic E-state index is -0.00237. The summed E-state index contributed by atoms with van der Waals surface area (Å²) in [6, 6.07) is 7.60. The lowest BCUT2D eigenvalue weighted by molar-refractivity contribution is 0.312. The van der Waals surface area contributed by atoms with Crippen LogP contribution in [0, 0.1) is 18.3 Å². The number of ether oxygens (including phenoxy) is 1. The molecule has 4 heteroatoms. The van der Waals surface area contributed by atoms with Gasteiger partial charge in [-0.05, 0) is 31.9 Å². The summed E-state index contributed by atoms with van der Waals surface area (Å²) in [6.45, 7) is 4.63. The normalized spacial score (nSPS) is 10.5. The number of fused-ring (bicyclic) bond motifs is 1. The molecule has 0 bridgehead atoms. The topological polar surface area (TPSA) is 65.9 Å². The van der Waals surface area contributed by atoms with Crippen molar-refractivity contribution < 1.29 is 4.74 Å². The zero-order valence-corrected chi connectivity index (χ0v) is 12.5. The van der Waals surface area contributed by atoms with Gasteiger partial charge in [-0.3, -0.25) is 4.79 Å². The standard InChI is InChI=1S/C17H20N2O2/c1-3-4-11-21-15-9-5-7-14-16(15)19-12(2)13(17(14)20)8-6-10-18/h5,7,9H,3-4,6,8,11H2,1-2H3,(H,19,20). The molecule has 2 rings (SSSR count). The zero-order chi connectivity index (χ0) is 15.2. The van der Waals surface area contributed by atoms with Gasteiger partial charge in [-0.25, -0.2) is 0 Å². The van der Waals surface area contributed by atoms with Gasteiger partial charge in [-0.1, -0.05) is 19.4 Å². The molecule has 1 N–H and O–H groups in total. The van der Waals surface area contributed by atoms with Crippen LogP contribution in [0.4, 0.5) is 0 Å². The fraction of sp³-hybridized carbons (Fsp3) is 0.412. The number of unbranched alkanes of at least 4 members (excludes halogenated alkanes) is 1. The molecule has 2 aromatic rings. The van der Waals surface area contributed by atoms with Crippen molar-refractivity contribution in [2.75, 3.05) is 6.61 Å². The van der Waals surface area contributed by atoms with Gasteiger partial charge in [0.2, 0.25) is 0 Å². The molecule has 1 heterocycles. The van der Waals surface area contributed by atoms with Crippen LogP contribution in [-0.4, -0.2) is 11.6 Å². The lowest BCUT2D eigenvalue weighted by Gasteiger charge is -2.11. The number of aromatic amines is 1. The third-order valence-corrected chi connectivity index (χ3v) is 3.55. The molecule has 0 saturated heterocycles. The molecule has 21 heavy (non-hydrogen) atoms. The molecule has 0 atom stereocenters. The van der Waals surface area contributed by atoms with Crippen molar-refractivity contribution in [1.82, 2.24) is 4.98 Å². The molecular weight excluding hydrogens is 264 g/mol. The van der Waals surface area contributed by atoms with Gasteiger partial charge >= 0.3 is 0 Å². The van der Waals surface area contributed by atoms with E-state index in [9.17, 15) is 4.79 Å². The molecule has 0 unspecified atom stereocenters. The highest BCUT2D eigenvalue weighted by Gasteiger charge is 2.12. The summed E-state index contributed by atoms with van der Waals surface area (Å²) in [5.41, 5.74) is 2.25. The van der Waals surface area contributed by atoms with Crippen LogP contribution in [0.1, 0.15) is 37.4 Å². The lowest BCUT2D eigenvalue weighted by atomic mass is 10.0. The third-order valence-electron chi connectivity index (χ3n) is 3.55. The van der Waals surface area contributed by atoms with E-state index in [4.69, 9.17) is 10.00 Å². The molecule has 0 saturated carbocycles. The molecule has 0 aliphatic carbocycles. The quantitative estimate of drug-likeness (QED) is 0.826. The number of aromatic nitrogens is 1. The number of rotatable bonds is 6. The number of nitrogens with one attached hydrogen (secondary N) is 1. The Labute approximate surface area is 124 Å². The fourth-order valence-corrected chi connectivity index (χ4v) is 2.37. The van der Waals surface area contributed by atoms with Gasteiger partial charge < -0.3 is 9.72 Å². The summed E-state index contributed by atoms with van der Waals surface area (Å²) in [4.78, 5) is 15.8. The van der Waals surface area contributed by atoms with Crippen molar-refractivity contribution in [3.05, 3.63) is 39.7 Å². The monoisotopic (exact) mass is 284 g/mol. The van der Waals surface area contributed by atoms with Gasteiger partial charge in [0.15, 0.2) is 5.43 Å². The van der Waals surface area contributed by atoms with E-state index in [-0.39, 0.29) is 5.43 Å². The largest absolute Gasteiger partial charge is 0.491 e. The molecule has 0 spiro atoms. The molecule has 0 radical (unpaired) electrons. The van der Waals surface area contributed by atoms with Gasteiger partial charge in [0.05, 0.1) is 18.2 Å². The van der Waals surface area contributed by atoms with Crippen LogP contribution in [0.3, 0.4) is 0 Å². The number of pyridine rings is 1. The molecule has 110 valence electrons. The molecule has 0 fully saturated rings. The van der Waals surface area contributed by atoms with E-state index in [1.165, 1.54) is 0 Å². The molecule has 4 nitrogen and oxygen atoms in total. The van der Waals surface area contributed by atoms with Crippen LogP contribution in [0.5, 0.6) is 5.75 Å². The maximum atomic E-state index is 12.6. The van der Waals surface area contributed by atoms with Gasteiger partial charge in [-0.2, -0.15) is 5.26 Å². The maximum Gasteiger partial charge on any atom is 0.193 e. The minimum Gasteiger partial charge on any atom is -0.491 e. The van der Waals surface area contributed by atoms with E-state index in [0.717, 1.165) is 24.1 Å².